The van der Waals surface area contributed by atoms with E-state index in [2.05, 4.69) is 20.5 Å². The number of nitrogens with one attached hydrogen (secondary N) is 2. The van der Waals surface area contributed by atoms with E-state index in [1.54, 1.807) is 12.1 Å². The van der Waals surface area contributed by atoms with E-state index >= 15 is 0 Å². The second-order valence-corrected chi connectivity index (χ2v) is 3.11. The van der Waals surface area contributed by atoms with Gasteiger partial charge >= 0.3 is 0 Å². The normalized spacial score (nSPS) is 10.1. The van der Waals surface area contributed by atoms with Crippen molar-refractivity contribution in [3.8, 4) is 0 Å². The number of benzene rings is 1. The third-order valence-electron chi connectivity index (χ3n) is 1.60. The Hall–Kier alpha value is -1.75. The van der Waals surface area contributed by atoms with Crippen molar-refractivity contribution in [1.29, 1.82) is 0 Å². The predicted molar refractivity (Wildman–Crippen MR) is 55.5 cm³/mol. The summed E-state index contributed by atoms with van der Waals surface area (Å²) in [6.45, 7) is 0. The van der Waals surface area contributed by atoms with Gasteiger partial charge < -0.3 is 11.1 Å². The molecule has 2 rings (SSSR count). The van der Waals surface area contributed by atoms with Crippen molar-refractivity contribution in [3.05, 3.63) is 29.3 Å². The van der Waals surface area contributed by atoms with Crippen LogP contribution in [-0.2, 0) is 0 Å². The highest BCUT2D eigenvalue weighted by Gasteiger charge is 1.99. The first-order chi connectivity index (χ1) is 6.74. The first-order valence-electron chi connectivity index (χ1n) is 3.94. The maximum atomic E-state index is 5.73. The molecule has 0 fully saturated rings. The Labute approximate surface area is 85.3 Å². The van der Waals surface area contributed by atoms with E-state index in [1.807, 2.05) is 12.1 Å². The van der Waals surface area contributed by atoms with Crippen molar-refractivity contribution >= 4 is 29.2 Å². The number of hydrogen-bond donors (Lipinski definition) is 3. The lowest BCUT2D eigenvalue weighted by Crippen LogP contribution is -1.92. The molecule has 0 radical (unpaired) electrons. The van der Waals surface area contributed by atoms with Crippen molar-refractivity contribution in [2.75, 3.05) is 11.1 Å². The number of aromatic amines is 1. The number of nitrogen functional groups attached to an aromatic ring is 1. The minimum absolute atomic E-state index is 0.279. The predicted octanol–water partition coefficient (Wildman–Crippen LogP) is 1.78. The largest absolute Gasteiger partial charge is 0.368 e. The second kappa shape index (κ2) is 3.55. The van der Waals surface area contributed by atoms with E-state index in [0.29, 0.717) is 11.0 Å². The molecule has 0 amide bonds. The van der Waals surface area contributed by atoms with Crippen molar-refractivity contribution < 1.29 is 0 Å². The van der Waals surface area contributed by atoms with Gasteiger partial charge in [0.1, 0.15) is 0 Å². The fourth-order valence-electron chi connectivity index (χ4n) is 0.993. The summed E-state index contributed by atoms with van der Waals surface area (Å²) >= 11 is 5.73. The summed E-state index contributed by atoms with van der Waals surface area (Å²) < 4.78 is 0. The van der Waals surface area contributed by atoms with Gasteiger partial charge in [-0.25, -0.2) is 5.10 Å². The van der Waals surface area contributed by atoms with Gasteiger partial charge in [-0.15, -0.1) is 5.10 Å². The van der Waals surface area contributed by atoms with Crippen molar-refractivity contribution in [2.24, 2.45) is 0 Å². The zero-order chi connectivity index (χ0) is 9.97. The fraction of sp³-hybridized carbons (Fsp3) is 0. The van der Waals surface area contributed by atoms with E-state index in [4.69, 9.17) is 17.3 Å². The van der Waals surface area contributed by atoms with Crippen molar-refractivity contribution in [3.63, 3.8) is 0 Å². The van der Waals surface area contributed by atoms with Crippen LogP contribution in [0.25, 0.3) is 0 Å². The molecule has 4 N–H and O–H groups in total. The summed E-state index contributed by atoms with van der Waals surface area (Å²) in [6.07, 6.45) is 0. The zero-order valence-electron chi connectivity index (χ0n) is 7.16. The molecule has 6 heteroatoms. The highest BCUT2D eigenvalue weighted by atomic mass is 35.5. The van der Waals surface area contributed by atoms with Crippen LogP contribution in [0, 0.1) is 0 Å². The molecule has 1 aromatic heterocycles. The summed E-state index contributed by atoms with van der Waals surface area (Å²) in [5, 5.41) is 10.0. The second-order valence-electron chi connectivity index (χ2n) is 2.68. The standard InChI is InChI=1S/C8H8ClN5/c9-5-1-3-6(4-2-5)11-8-12-7(10)13-14-8/h1-4H,(H4,10,11,12,13,14). The van der Waals surface area contributed by atoms with Gasteiger partial charge in [0.2, 0.25) is 11.9 Å². The minimum Gasteiger partial charge on any atom is -0.368 e. The number of nitrogens with two attached hydrogens (primary N) is 1. The summed E-state index contributed by atoms with van der Waals surface area (Å²) in [6, 6.07) is 7.21. The molecule has 2 aromatic rings. The molecule has 72 valence electrons. The summed E-state index contributed by atoms with van der Waals surface area (Å²) in [4.78, 5) is 3.90. The fourth-order valence-corrected chi connectivity index (χ4v) is 1.12. The van der Waals surface area contributed by atoms with E-state index in [0.717, 1.165) is 5.69 Å². The van der Waals surface area contributed by atoms with Gasteiger partial charge in [0.15, 0.2) is 0 Å². The molecule has 0 aliphatic rings. The molecule has 1 aromatic carbocycles. The Bertz CT molecular complexity index is 422. The van der Waals surface area contributed by atoms with Crippen LogP contribution in [0.4, 0.5) is 17.6 Å². The topological polar surface area (TPSA) is 79.6 Å². The lowest BCUT2D eigenvalue weighted by Gasteiger charge is -2.00. The summed E-state index contributed by atoms with van der Waals surface area (Å²) in [7, 11) is 0. The van der Waals surface area contributed by atoms with E-state index in [9.17, 15) is 0 Å². The molecule has 0 aliphatic carbocycles. The molecular formula is C8H8ClN5. The Morgan fingerprint density at radius 3 is 2.57 bits per heavy atom. The van der Waals surface area contributed by atoms with Crippen molar-refractivity contribution in [1.82, 2.24) is 15.2 Å². The van der Waals surface area contributed by atoms with Crippen LogP contribution < -0.4 is 11.1 Å². The monoisotopic (exact) mass is 209 g/mol. The van der Waals surface area contributed by atoms with Gasteiger partial charge in [-0.2, -0.15) is 4.98 Å². The maximum Gasteiger partial charge on any atom is 0.248 e. The van der Waals surface area contributed by atoms with Gasteiger partial charge in [0.25, 0.3) is 0 Å². The molecule has 1 heterocycles. The molecule has 0 saturated carbocycles. The van der Waals surface area contributed by atoms with E-state index in [-0.39, 0.29) is 5.95 Å². The Balaban J connectivity index is 2.15. The first-order valence-corrected chi connectivity index (χ1v) is 4.32. The number of H-pyrrole nitrogens is 1. The number of nitrogens with zero attached hydrogens (tertiary/aromatic N) is 2. The molecule has 5 nitrogen and oxygen atoms in total. The third-order valence-corrected chi connectivity index (χ3v) is 1.86. The van der Waals surface area contributed by atoms with Gasteiger partial charge in [-0.3, -0.25) is 0 Å². The van der Waals surface area contributed by atoms with E-state index < -0.39 is 0 Å². The first kappa shape index (κ1) is 8.83. The van der Waals surface area contributed by atoms with Crippen LogP contribution in [0.3, 0.4) is 0 Å². The number of aromatic nitrogens is 3. The number of hydrogen-bond acceptors (Lipinski definition) is 4. The quantitative estimate of drug-likeness (QED) is 0.705. The zero-order valence-corrected chi connectivity index (χ0v) is 7.92. The highest BCUT2D eigenvalue weighted by Crippen LogP contribution is 2.16. The smallest absolute Gasteiger partial charge is 0.248 e. The maximum absolute atomic E-state index is 5.73. The average molecular weight is 210 g/mol. The lowest BCUT2D eigenvalue weighted by molar-refractivity contribution is 1.10. The van der Waals surface area contributed by atoms with Gasteiger partial charge in [0.05, 0.1) is 0 Å². The molecule has 0 atom stereocenters. The SMILES string of the molecule is Nc1nc(Nc2ccc(Cl)cc2)n[nH]1. The number of halogens is 1. The van der Waals surface area contributed by atoms with Crippen molar-refractivity contribution in [2.45, 2.75) is 0 Å². The minimum atomic E-state index is 0.279. The van der Waals surface area contributed by atoms with Crippen LogP contribution >= 0.6 is 11.6 Å². The molecule has 0 bridgehead atoms. The molecular weight excluding hydrogens is 202 g/mol. The van der Waals surface area contributed by atoms with Crippen LogP contribution in [-0.4, -0.2) is 15.2 Å². The van der Waals surface area contributed by atoms with E-state index in [1.165, 1.54) is 0 Å². The average Bonchev–Trinajstić information content (AvgIpc) is 2.56. The molecule has 0 saturated heterocycles. The number of rotatable bonds is 2. The Morgan fingerprint density at radius 2 is 2.00 bits per heavy atom. The summed E-state index contributed by atoms with van der Waals surface area (Å²) in [5.74, 6) is 0.714. The third kappa shape index (κ3) is 1.94. The van der Waals surface area contributed by atoms with Crippen LogP contribution in [0.15, 0.2) is 24.3 Å². The molecule has 14 heavy (non-hydrogen) atoms. The van der Waals surface area contributed by atoms with Crippen LogP contribution in [0.5, 0.6) is 0 Å². The molecule has 0 aliphatic heterocycles. The number of anilines is 3. The molecule has 0 unspecified atom stereocenters. The van der Waals surface area contributed by atoms with Crippen LogP contribution in [0.2, 0.25) is 5.02 Å². The lowest BCUT2D eigenvalue weighted by atomic mass is 10.3. The Morgan fingerprint density at radius 1 is 1.29 bits per heavy atom. The van der Waals surface area contributed by atoms with Crippen LogP contribution in [0.1, 0.15) is 0 Å². The van der Waals surface area contributed by atoms with Gasteiger partial charge in [0, 0.05) is 10.7 Å². The van der Waals surface area contributed by atoms with Gasteiger partial charge in [-0.05, 0) is 24.3 Å². The highest BCUT2D eigenvalue weighted by molar-refractivity contribution is 6.30. The summed E-state index contributed by atoms with van der Waals surface area (Å²) in [5.41, 5.74) is 6.22. The Kier molecular flexibility index (Phi) is 2.24. The molecule has 0 spiro atoms. The van der Waals surface area contributed by atoms with Gasteiger partial charge in [-0.1, -0.05) is 11.6 Å².